The molecule has 400 valence electrons. The van der Waals surface area contributed by atoms with Gasteiger partial charge in [-0.15, -0.1) is 0 Å². The van der Waals surface area contributed by atoms with Gasteiger partial charge in [0.15, 0.2) is 0 Å². The second-order valence-electron chi connectivity index (χ2n) is 23.4. The topological polar surface area (TPSA) is 95.2 Å². The van der Waals surface area contributed by atoms with Gasteiger partial charge in [0.25, 0.3) is 0 Å². The number of nitriles is 4. The van der Waals surface area contributed by atoms with E-state index in [1.165, 1.54) is 200 Å². The van der Waals surface area contributed by atoms with Crippen molar-refractivity contribution in [2.24, 2.45) is 23.7 Å². The smallest absolute Gasteiger partial charge is 0.0991 e. The van der Waals surface area contributed by atoms with E-state index in [0.717, 1.165) is 69.6 Å². The summed E-state index contributed by atoms with van der Waals surface area (Å²) in [5.41, 5.74) is 11.2. The lowest BCUT2D eigenvalue weighted by molar-refractivity contribution is 0.303. The number of hydrogen-bond donors (Lipinski definition) is 0. The molecule has 4 heteroatoms. The van der Waals surface area contributed by atoms with Gasteiger partial charge >= 0.3 is 0 Å². The molecule has 4 aliphatic carbocycles. The van der Waals surface area contributed by atoms with Gasteiger partial charge in [-0.2, -0.15) is 21.0 Å². The van der Waals surface area contributed by atoms with Crippen molar-refractivity contribution in [3.05, 3.63) is 166 Å². The zero-order valence-electron chi connectivity index (χ0n) is 47.3. The van der Waals surface area contributed by atoms with Gasteiger partial charge < -0.3 is 0 Å². The fraction of sp³-hybridized carbons (Fsp3) is 0.528. The third kappa shape index (κ3) is 19.6. The van der Waals surface area contributed by atoms with E-state index in [4.69, 9.17) is 21.0 Å². The summed E-state index contributed by atoms with van der Waals surface area (Å²) in [5, 5.41) is 35.2. The SMILES string of the molecule is CC1CCC(c2ccc(C#N)cc2)CC1.CCCC1CCC(c2ccc(C#N)cc2)CC1.CCCCCC1CCC(c2ccc(-c3ccc(C#N)cc3)cc2)CC1.CCCCCC1CCC(c2ccc(C#N)cc2)CC1. The van der Waals surface area contributed by atoms with Crippen LogP contribution in [0.3, 0.4) is 0 Å². The zero-order chi connectivity index (χ0) is 53.7. The molecule has 4 aliphatic rings. The number of rotatable bonds is 15. The summed E-state index contributed by atoms with van der Waals surface area (Å²) >= 11 is 0. The molecule has 4 nitrogen and oxygen atoms in total. The van der Waals surface area contributed by atoms with Crippen LogP contribution in [0.25, 0.3) is 11.1 Å². The quantitative estimate of drug-likeness (QED) is 0.0976. The van der Waals surface area contributed by atoms with E-state index in [-0.39, 0.29) is 0 Å². The fourth-order valence-electron chi connectivity index (χ4n) is 12.9. The first-order valence-corrected chi connectivity index (χ1v) is 30.4. The maximum Gasteiger partial charge on any atom is 0.0991 e. The summed E-state index contributed by atoms with van der Waals surface area (Å²) in [6.07, 6.45) is 35.7. The molecule has 0 amide bonds. The maximum absolute atomic E-state index is 8.91. The van der Waals surface area contributed by atoms with Crippen molar-refractivity contribution < 1.29 is 0 Å². The highest BCUT2D eigenvalue weighted by molar-refractivity contribution is 5.64. The molecule has 4 saturated carbocycles. The summed E-state index contributed by atoms with van der Waals surface area (Å²) in [5.74, 6) is 6.76. The van der Waals surface area contributed by atoms with Gasteiger partial charge in [0.05, 0.1) is 46.5 Å². The van der Waals surface area contributed by atoms with Gasteiger partial charge in [0.1, 0.15) is 0 Å². The Kier molecular flexibility index (Phi) is 26.0. The highest BCUT2D eigenvalue weighted by Gasteiger charge is 2.25. The van der Waals surface area contributed by atoms with Gasteiger partial charge in [-0.25, -0.2) is 0 Å². The highest BCUT2D eigenvalue weighted by Crippen LogP contribution is 2.41. The van der Waals surface area contributed by atoms with Crippen LogP contribution < -0.4 is 0 Å². The van der Waals surface area contributed by atoms with Crippen LogP contribution in [-0.2, 0) is 0 Å². The number of unbranched alkanes of at least 4 members (excludes halogenated alkanes) is 4. The molecule has 4 fully saturated rings. The minimum Gasteiger partial charge on any atom is -0.192 e. The highest BCUT2D eigenvalue weighted by atomic mass is 14.3. The van der Waals surface area contributed by atoms with Crippen LogP contribution in [0.2, 0.25) is 0 Å². The van der Waals surface area contributed by atoms with Crippen molar-refractivity contribution in [3.63, 3.8) is 0 Å². The Morgan fingerprint density at radius 1 is 0.303 bits per heavy atom. The Morgan fingerprint density at radius 2 is 0.553 bits per heavy atom. The Bertz CT molecular complexity index is 2530. The first-order valence-electron chi connectivity index (χ1n) is 30.4. The summed E-state index contributed by atoms with van der Waals surface area (Å²) in [7, 11) is 0. The van der Waals surface area contributed by atoms with E-state index in [1.807, 2.05) is 60.7 Å². The molecule has 0 spiro atoms. The van der Waals surface area contributed by atoms with Crippen LogP contribution in [0.4, 0.5) is 0 Å². The lowest BCUT2D eigenvalue weighted by atomic mass is 9.77. The van der Waals surface area contributed by atoms with Crippen molar-refractivity contribution in [2.45, 2.75) is 218 Å². The number of hydrogen-bond acceptors (Lipinski definition) is 4. The Labute approximate surface area is 462 Å². The predicted molar refractivity (Wildman–Crippen MR) is 318 cm³/mol. The molecule has 76 heavy (non-hydrogen) atoms. The van der Waals surface area contributed by atoms with Crippen molar-refractivity contribution in [2.75, 3.05) is 0 Å². The minimum atomic E-state index is 0.719. The molecular formula is C72H92N4. The van der Waals surface area contributed by atoms with Crippen LogP contribution in [-0.4, -0.2) is 0 Å². The standard InChI is InChI=1S/C24H29N.C18H25N.C16H21N.C14H17N/c1-2-3-4-5-19-6-10-21(11-7-19)23-14-16-24(17-15-23)22-12-8-20(18-25)9-13-22;1-2-3-4-5-15-6-10-17(11-7-15)18-12-8-16(14-19)9-13-18;1-2-3-13-4-8-15(9-5-13)16-10-6-14(12-17)7-11-16;1-11-2-6-13(7-3-11)14-8-4-12(10-15)5-9-14/h8-9,12-17,19,21H,2-7,10-11H2,1H3;8-9,12-13,15,17H,2-7,10-11H2,1H3;6-7,10-11,13,15H,2-5,8-9H2,1H3;4-5,8-9,11,13H,2-3,6-7H2,1H3. The molecule has 5 aromatic carbocycles. The van der Waals surface area contributed by atoms with E-state index in [0.29, 0.717) is 0 Å². The average molecular weight is 1010 g/mol. The maximum atomic E-state index is 8.91. The Hall–Kier alpha value is -5.94. The molecular weight excluding hydrogens is 921 g/mol. The van der Waals surface area contributed by atoms with Crippen LogP contribution in [0.15, 0.2) is 121 Å². The molecule has 0 aromatic heterocycles. The van der Waals surface area contributed by atoms with Gasteiger partial charge in [-0.1, -0.05) is 178 Å². The van der Waals surface area contributed by atoms with E-state index in [9.17, 15) is 0 Å². The molecule has 0 saturated heterocycles. The molecule has 9 rings (SSSR count). The normalized spacial score (nSPS) is 22.9. The first kappa shape index (κ1) is 59.3. The van der Waals surface area contributed by atoms with Crippen LogP contribution in [0.5, 0.6) is 0 Å². The summed E-state index contributed by atoms with van der Waals surface area (Å²) in [4.78, 5) is 0. The van der Waals surface area contributed by atoms with Crippen molar-refractivity contribution >= 4 is 0 Å². The van der Waals surface area contributed by atoms with Crippen LogP contribution in [0, 0.1) is 69.0 Å². The Balaban J connectivity index is 0.000000168. The minimum absolute atomic E-state index is 0.719. The Morgan fingerprint density at radius 3 is 0.829 bits per heavy atom. The largest absolute Gasteiger partial charge is 0.192 e. The van der Waals surface area contributed by atoms with Gasteiger partial charge in [0, 0.05) is 0 Å². The zero-order valence-corrected chi connectivity index (χ0v) is 47.3. The molecule has 0 bridgehead atoms. The van der Waals surface area contributed by atoms with Crippen molar-refractivity contribution in [3.8, 4) is 35.4 Å². The molecule has 0 radical (unpaired) electrons. The summed E-state index contributed by atoms with van der Waals surface area (Å²) in [6, 6.07) is 50.2. The summed E-state index contributed by atoms with van der Waals surface area (Å²) < 4.78 is 0. The van der Waals surface area contributed by atoms with Crippen molar-refractivity contribution in [1.82, 2.24) is 0 Å². The molecule has 0 heterocycles. The fourth-order valence-corrected chi connectivity index (χ4v) is 12.9. The van der Waals surface area contributed by atoms with Gasteiger partial charge in [-0.05, 0) is 219 Å². The second-order valence-corrected chi connectivity index (χ2v) is 23.4. The van der Waals surface area contributed by atoms with Crippen LogP contribution in [0.1, 0.15) is 263 Å². The first-order chi connectivity index (χ1) is 37.2. The van der Waals surface area contributed by atoms with Gasteiger partial charge in [-0.3, -0.25) is 0 Å². The van der Waals surface area contributed by atoms with Gasteiger partial charge in [0.2, 0.25) is 0 Å². The number of benzene rings is 5. The number of nitrogens with zero attached hydrogens (tertiary/aromatic N) is 4. The third-order valence-corrected chi connectivity index (χ3v) is 17.9. The molecule has 0 unspecified atom stereocenters. The molecule has 0 N–H and O–H groups in total. The third-order valence-electron chi connectivity index (χ3n) is 17.9. The molecule has 5 aromatic rings. The second kappa shape index (κ2) is 33.3. The van der Waals surface area contributed by atoms with E-state index < -0.39 is 0 Å². The lowest BCUT2D eigenvalue weighted by Gasteiger charge is -2.29. The monoisotopic (exact) mass is 1010 g/mol. The van der Waals surface area contributed by atoms with E-state index in [2.05, 4.69) is 113 Å². The average Bonchev–Trinajstić information content (AvgIpc) is 3.49. The van der Waals surface area contributed by atoms with Crippen LogP contribution >= 0.6 is 0 Å². The van der Waals surface area contributed by atoms with E-state index in [1.54, 1.807) is 0 Å². The predicted octanol–water partition coefficient (Wildman–Crippen LogP) is 21.0. The van der Waals surface area contributed by atoms with E-state index >= 15 is 0 Å². The lowest BCUT2D eigenvalue weighted by Crippen LogP contribution is -2.13. The summed E-state index contributed by atoms with van der Waals surface area (Å²) in [6.45, 7) is 9.20. The van der Waals surface area contributed by atoms with Crippen molar-refractivity contribution in [1.29, 1.82) is 21.0 Å². The molecule has 0 aliphatic heterocycles. The molecule has 0 atom stereocenters.